The van der Waals surface area contributed by atoms with E-state index in [0.29, 0.717) is 6.04 Å². The van der Waals surface area contributed by atoms with Gasteiger partial charge in [0.25, 0.3) is 0 Å². The molecule has 1 aliphatic rings. The van der Waals surface area contributed by atoms with Crippen molar-refractivity contribution in [2.75, 3.05) is 37.6 Å². The standard InChI is InChI=1S/C13H22N4/c1-11-4-3-5-15-13(11)17-8-6-16(7-9-17)12(2)10-14/h3-5,12H,6-10,14H2,1-2H3. The molecule has 4 heteroatoms. The topological polar surface area (TPSA) is 45.4 Å². The molecule has 4 nitrogen and oxygen atoms in total. The number of hydrogen-bond donors (Lipinski definition) is 1. The van der Waals surface area contributed by atoms with Crippen molar-refractivity contribution >= 4 is 5.82 Å². The molecule has 2 N–H and O–H groups in total. The van der Waals surface area contributed by atoms with Crippen LogP contribution in [0.15, 0.2) is 18.3 Å². The second kappa shape index (κ2) is 5.47. The van der Waals surface area contributed by atoms with Crippen LogP contribution in [0, 0.1) is 6.92 Å². The van der Waals surface area contributed by atoms with E-state index in [-0.39, 0.29) is 0 Å². The van der Waals surface area contributed by atoms with Gasteiger partial charge < -0.3 is 10.6 Å². The van der Waals surface area contributed by atoms with Crippen molar-refractivity contribution in [3.05, 3.63) is 23.9 Å². The molecule has 0 aliphatic carbocycles. The summed E-state index contributed by atoms with van der Waals surface area (Å²) >= 11 is 0. The number of rotatable bonds is 3. The van der Waals surface area contributed by atoms with Crippen molar-refractivity contribution in [3.8, 4) is 0 Å². The van der Waals surface area contributed by atoms with Crippen molar-refractivity contribution in [1.29, 1.82) is 0 Å². The van der Waals surface area contributed by atoms with Gasteiger partial charge >= 0.3 is 0 Å². The van der Waals surface area contributed by atoms with Crippen LogP contribution in [0.2, 0.25) is 0 Å². The summed E-state index contributed by atoms with van der Waals surface area (Å²) in [5.41, 5.74) is 6.96. The Labute approximate surface area is 103 Å². The average molecular weight is 234 g/mol. The highest BCUT2D eigenvalue weighted by molar-refractivity contribution is 5.46. The molecule has 2 rings (SSSR count). The zero-order chi connectivity index (χ0) is 12.3. The van der Waals surface area contributed by atoms with Crippen molar-refractivity contribution < 1.29 is 0 Å². The summed E-state index contributed by atoms with van der Waals surface area (Å²) < 4.78 is 0. The lowest BCUT2D eigenvalue weighted by atomic mass is 10.2. The van der Waals surface area contributed by atoms with Crippen LogP contribution in [0.5, 0.6) is 0 Å². The minimum absolute atomic E-state index is 0.488. The van der Waals surface area contributed by atoms with Gasteiger partial charge in [-0.25, -0.2) is 4.98 Å². The third-order valence-electron chi connectivity index (χ3n) is 3.56. The van der Waals surface area contributed by atoms with Crippen LogP contribution in [0.4, 0.5) is 5.82 Å². The van der Waals surface area contributed by atoms with Gasteiger partial charge in [-0.3, -0.25) is 4.90 Å². The predicted molar refractivity (Wildman–Crippen MR) is 71.3 cm³/mol. The van der Waals surface area contributed by atoms with Crippen LogP contribution in [-0.2, 0) is 0 Å². The van der Waals surface area contributed by atoms with Crippen molar-refractivity contribution in [2.24, 2.45) is 5.73 Å². The maximum absolute atomic E-state index is 5.71. The van der Waals surface area contributed by atoms with E-state index in [1.54, 1.807) is 0 Å². The summed E-state index contributed by atoms with van der Waals surface area (Å²) in [7, 11) is 0. The van der Waals surface area contributed by atoms with E-state index in [1.165, 1.54) is 5.56 Å². The summed E-state index contributed by atoms with van der Waals surface area (Å²) in [6.07, 6.45) is 1.87. The van der Waals surface area contributed by atoms with Gasteiger partial charge in [-0.1, -0.05) is 6.07 Å². The monoisotopic (exact) mass is 234 g/mol. The molecule has 0 aromatic carbocycles. The smallest absolute Gasteiger partial charge is 0.131 e. The molecule has 1 aromatic heterocycles. The second-order valence-corrected chi connectivity index (χ2v) is 4.75. The molecular weight excluding hydrogens is 212 g/mol. The maximum atomic E-state index is 5.71. The van der Waals surface area contributed by atoms with E-state index in [2.05, 4.69) is 34.7 Å². The molecular formula is C13H22N4. The summed E-state index contributed by atoms with van der Waals surface area (Å²) in [5.74, 6) is 1.13. The molecule has 1 fully saturated rings. The molecule has 0 bridgehead atoms. The molecule has 2 heterocycles. The molecule has 1 atom stereocenters. The van der Waals surface area contributed by atoms with E-state index in [0.717, 1.165) is 38.5 Å². The highest BCUT2D eigenvalue weighted by atomic mass is 15.3. The number of nitrogens with zero attached hydrogens (tertiary/aromatic N) is 3. The van der Waals surface area contributed by atoms with Crippen LogP contribution in [0.3, 0.4) is 0 Å². The SMILES string of the molecule is Cc1cccnc1N1CCN(C(C)CN)CC1. The molecule has 17 heavy (non-hydrogen) atoms. The second-order valence-electron chi connectivity index (χ2n) is 4.75. The van der Waals surface area contributed by atoms with E-state index < -0.39 is 0 Å². The van der Waals surface area contributed by atoms with Crippen LogP contribution < -0.4 is 10.6 Å². The van der Waals surface area contributed by atoms with E-state index in [9.17, 15) is 0 Å². The molecule has 1 aromatic rings. The van der Waals surface area contributed by atoms with Gasteiger partial charge in [-0.15, -0.1) is 0 Å². The van der Waals surface area contributed by atoms with Crippen molar-refractivity contribution in [2.45, 2.75) is 19.9 Å². The minimum atomic E-state index is 0.488. The largest absolute Gasteiger partial charge is 0.354 e. The fourth-order valence-electron chi connectivity index (χ4n) is 2.33. The number of aryl methyl sites for hydroxylation is 1. The number of anilines is 1. The number of aromatic nitrogens is 1. The first-order valence-electron chi connectivity index (χ1n) is 6.33. The van der Waals surface area contributed by atoms with Crippen LogP contribution in [0.25, 0.3) is 0 Å². The lowest BCUT2D eigenvalue weighted by Crippen LogP contribution is -2.51. The first-order chi connectivity index (χ1) is 8.22. The van der Waals surface area contributed by atoms with Gasteiger partial charge in [0.1, 0.15) is 5.82 Å². The van der Waals surface area contributed by atoms with E-state index in [1.807, 2.05) is 12.3 Å². The molecule has 0 saturated carbocycles. The maximum Gasteiger partial charge on any atom is 0.131 e. The van der Waals surface area contributed by atoms with Crippen molar-refractivity contribution in [1.82, 2.24) is 9.88 Å². The number of pyridine rings is 1. The third-order valence-corrected chi connectivity index (χ3v) is 3.56. The Hall–Kier alpha value is -1.13. The van der Waals surface area contributed by atoms with Crippen molar-refractivity contribution in [3.63, 3.8) is 0 Å². The summed E-state index contributed by atoms with van der Waals surface area (Å²) in [6, 6.07) is 4.60. The molecule has 0 radical (unpaired) electrons. The lowest BCUT2D eigenvalue weighted by molar-refractivity contribution is 0.201. The molecule has 0 spiro atoms. The Morgan fingerprint density at radius 3 is 2.65 bits per heavy atom. The van der Waals surface area contributed by atoms with Crippen LogP contribution >= 0.6 is 0 Å². The van der Waals surface area contributed by atoms with Gasteiger partial charge in [0.15, 0.2) is 0 Å². The highest BCUT2D eigenvalue weighted by Crippen LogP contribution is 2.18. The van der Waals surface area contributed by atoms with E-state index >= 15 is 0 Å². The quantitative estimate of drug-likeness (QED) is 0.842. The number of hydrogen-bond acceptors (Lipinski definition) is 4. The zero-order valence-corrected chi connectivity index (χ0v) is 10.8. The first-order valence-corrected chi connectivity index (χ1v) is 6.33. The van der Waals surface area contributed by atoms with Gasteiger partial charge in [0, 0.05) is 45.0 Å². The van der Waals surface area contributed by atoms with E-state index in [4.69, 9.17) is 5.73 Å². The molecule has 1 aliphatic heterocycles. The zero-order valence-electron chi connectivity index (χ0n) is 10.8. The fraction of sp³-hybridized carbons (Fsp3) is 0.615. The summed E-state index contributed by atoms with van der Waals surface area (Å²) in [4.78, 5) is 9.30. The molecule has 94 valence electrons. The Balaban J connectivity index is 1.98. The number of piperazine rings is 1. The normalized spacial score (nSPS) is 19.4. The Morgan fingerprint density at radius 1 is 1.35 bits per heavy atom. The van der Waals surface area contributed by atoms with Gasteiger partial charge in [0.05, 0.1) is 0 Å². The van der Waals surface area contributed by atoms with Crippen LogP contribution in [-0.4, -0.2) is 48.6 Å². The third kappa shape index (κ3) is 2.76. The summed E-state index contributed by atoms with van der Waals surface area (Å²) in [5, 5.41) is 0. The molecule has 1 unspecified atom stereocenters. The van der Waals surface area contributed by atoms with Crippen LogP contribution in [0.1, 0.15) is 12.5 Å². The average Bonchev–Trinajstić information content (AvgIpc) is 2.39. The highest BCUT2D eigenvalue weighted by Gasteiger charge is 2.21. The van der Waals surface area contributed by atoms with Gasteiger partial charge in [-0.2, -0.15) is 0 Å². The number of nitrogens with two attached hydrogens (primary N) is 1. The Morgan fingerprint density at radius 2 is 2.06 bits per heavy atom. The Bertz CT molecular complexity index is 358. The first kappa shape index (κ1) is 12.3. The van der Waals surface area contributed by atoms with Gasteiger partial charge in [0.2, 0.25) is 0 Å². The molecule has 1 saturated heterocycles. The lowest BCUT2D eigenvalue weighted by Gasteiger charge is -2.38. The predicted octanol–water partition coefficient (Wildman–Crippen LogP) is 0.859. The summed E-state index contributed by atoms with van der Waals surface area (Å²) in [6.45, 7) is 9.30. The minimum Gasteiger partial charge on any atom is -0.354 e. The Kier molecular flexibility index (Phi) is 3.97. The van der Waals surface area contributed by atoms with Gasteiger partial charge in [-0.05, 0) is 25.5 Å². The fourth-order valence-corrected chi connectivity index (χ4v) is 2.33. The molecule has 0 amide bonds.